The average molecular weight is 213 g/mol. The van der Waals surface area contributed by atoms with Gasteiger partial charge in [-0.3, -0.25) is 0 Å². The van der Waals surface area contributed by atoms with E-state index in [0.717, 1.165) is 6.67 Å². The highest BCUT2D eigenvalue weighted by Gasteiger charge is 2.20. The van der Waals surface area contributed by atoms with E-state index in [1.54, 1.807) is 0 Å². The van der Waals surface area contributed by atoms with E-state index in [9.17, 15) is 17.3 Å². The molecule has 0 aromatic carbocycles. The maximum atomic E-state index is 9.75. The van der Waals surface area contributed by atoms with Crippen LogP contribution in [0.15, 0.2) is 12.4 Å². The zero-order valence-corrected chi connectivity index (χ0v) is 8.26. The summed E-state index contributed by atoms with van der Waals surface area (Å²) < 4.78 is 39.0. The quantitative estimate of drug-likeness (QED) is 0.513. The number of nitrogens with zero attached hydrogens (tertiary/aromatic N) is 2. The van der Waals surface area contributed by atoms with Gasteiger partial charge in [0.25, 0.3) is 0 Å². The molecule has 1 heterocycles. The Balaban J connectivity index is 0.000000292. The summed E-state index contributed by atoms with van der Waals surface area (Å²) in [6.07, 6.45) is 5.48. The van der Waals surface area contributed by atoms with E-state index in [4.69, 9.17) is 0 Å². The Kier molecular flexibility index (Phi) is 5.41. The second-order valence-corrected chi connectivity index (χ2v) is 3.00. The predicted octanol–water partition coefficient (Wildman–Crippen LogP) is 2.37. The normalized spacial score (nSPS) is 15.6. The summed E-state index contributed by atoms with van der Waals surface area (Å²) in [6, 6.07) is 0. The van der Waals surface area contributed by atoms with Crippen LogP contribution in [0.5, 0.6) is 0 Å². The topological polar surface area (TPSA) is 6.48 Å². The number of hydrogen-bond acceptors (Lipinski definition) is 2. The van der Waals surface area contributed by atoms with E-state index in [2.05, 4.69) is 36.2 Å². The number of hydrogen-bond donors (Lipinski definition) is 0. The minimum Gasteiger partial charge on any atom is -0.418 e. The molecule has 1 aliphatic heterocycles. The fourth-order valence-corrected chi connectivity index (χ4v) is 1.02. The van der Waals surface area contributed by atoms with Gasteiger partial charge in [0.2, 0.25) is 0 Å². The fraction of sp³-hybridized carbons (Fsp3) is 0.714. The maximum Gasteiger partial charge on any atom is 0.673 e. The molecule has 0 aromatic heterocycles. The van der Waals surface area contributed by atoms with E-state index >= 15 is 0 Å². The molecule has 0 atom stereocenters. The van der Waals surface area contributed by atoms with Crippen LogP contribution in [-0.2, 0) is 0 Å². The highest BCUT2D eigenvalue weighted by Crippen LogP contribution is 2.06. The Morgan fingerprint density at radius 1 is 1.21 bits per heavy atom. The molecule has 0 amide bonds. The monoisotopic (exact) mass is 213 g/mol. The Hall–Kier alpha value is -0.875. The third kappa shape index (κ3) is 9.21. The van der Waals surface area contributed by atoms with Crippen molar-refractivity contribution in [3.05, 3.63) is 12.4 Å². The second kappa shape index (κ2) is 5.77. The van der Waals surface area contributed by atoms with Crippen molar-refractivity contribution in [1.82, 2.24) is 9.80 Å². The molecule has 0 saturated carbocycles. The van der Waals surface area contributed by atoms with Crippen molar-refractivity contribution in [3.8, 4) is 0 Å². The van der Waals surface area contributed by atoms with Crippen molar-refractivity contribution in [3.63, 3.8) is 0 Å². The number of halogens is 4. The van der Waals surface area contributed by atoms with Crippen LogP contribution in [0.4, 0.5) is 17.3 Å². The van der Waals surface area contributed by atoms with Crippen LogP contribution in [-0.4, -0.2) is 37.3 Å². The summed E-state index contributed by atoms with van der Waals surface area (Å²) >= 11 is 0. The van der Waals surface area contributed by atoms with Crippen LogP contribution in [0.1, 0.15) is 13.3 Å². The van der Waals surface area contributed by atoms with Crippen LogP contribution in [0.3, 0.4) is 0 Å². The van der Waals surface area contributed by atoms with Crippen LogP contribution >= 0.6 is 0 Å². The van der Waals surface area contributed by atoms with E-state index < -0.39 is 7.25 Å². The van der Waals surface area contributed by atoms with E-state index in [0.29, 0.717) is 0 Å². The molecule has 0 unspecified atom stereocenters. The predicted molar refractivity (Wildman–Crippen MR) is 49.0 cm³/mol. The average Bonchev–Trinajstić information content (AvgIpc) is 2.32. The van der Waals surface area contributed by atoms with Crippen molar-refractivity contribution in [2.24, 2.45) is 0 Å². The van der Waals surface area contributed by atoms with Gasteiger partial charge >= 0.3 is 7.25 Å². The van der Waals surface area contributed by atoms with Crippen LogP contribution in [0.25, 0.3) is 0 Å². The third-order valence-electron chi connectivity index (χ3n) is 1.45. The first-order valence-electron chi connectivity index (χ1n) is 4.33. The van der Waals surface area contributed by atoms with Gasteiger partial charge < -0.3 is 27.1 Å². The van der Waals surface area contributed by atoms with Gasteiger partial charge in [0.05, 0.1) is 6.67 Å². The van der Waals surface area contributed by atoms with Gasteiger partial charge in [0.15, 0.2) is 0 Å². The first-order chi connectivity index (χ1) is 6.33. The molecule has 0 bridgehead atoms. The molecular formula is C7H14BF4N2-. The Morgan fingerprint density at radius 2 is 1.71 bits per heavy atom. The summed E-state index contributed by atoms with van der Waals surface area (Å²) in [5.41, 5.74) is 0. The summed E-state index contributed by atoms with van der Waals surface area (Å²) in [5.74, 6) is 0. The summed E-state index contributed by atoms with van der Waals surface area (Å²) in [7, 11) is -3.91. The van der Waals surface area contributed by atoms with Crippen molar-refractivity contribution in [2.45, 2.75) is 13.3 Å². The van der Waals surface area contributed by atoms with Crippen LogP contribution in [0.2, 0.25) is 0 Å². The molecule has 1 rings (SSSR count). The lowest BCUT2D eigenvalue weighted by atomic mass is 10.3. The minimum absolute atomic E-state index is 1.06. The molecule has 0 fully saturated rings. The molecule has 14 heavy (non-hydrogen) atoms. The third-order valence-corrected chi connectivity index (χ3v) is 1.45. The first-order valence-corrected chi connectivity index (χ1v) is 4.33. The Morgan fingerprint density at radius 3 is 2.00 bits per heavy atom. The molecule has 84 valence electrons. The second-order valence-electron chi connectivity index (χ2n) is 3.00. The molecular weight excluding hydrogens is 199 g/mol. The number of rotatable bonds is 2. The first kappa shape index (κ1) is 13.1. The molecule has 7 heteroatoms. The molecule has 0 aliphatic carbocycles. The van der Waals surface area contributed by atoms with Gasteiger partial charge in [0.1, 0.15) is 0 Å². The van der Waals surface area contributed by atoms with Gasteiger partial charge in [0, 0.05) is 26.0 Å². The van der Waals surface area contributed by atoms with E-state index in [-0.39, 0.29) is 0 Å². The molecule has 0 aromatic rings. The summed E-state index contributed by atoms with van der Waals surface area (Å²) in [6.45, 7) is 4.45. The Labute approximate surface area is 81.3 Å². The smallest absolute Gasteiger partial charge is 0.418 e. The standard InChI is InChI=1S/C7H14N2.BF4/c1-3-4-9-6-5-8(2)7-9;2-1(3,4)5/h5-6H,3-4,7H2,1-2H3;/q;-1. The highest BCUT2D eigenvalue weighted by molar-refractivity contribution is 6.50. The van der Waals surface area contributed by atoms with E-state index in [1.165, 1.54) is 13.0 Å². The van der Waals surface area contributed by atoms with Crippen LogP contribution in [0, 0.1) is 0 Å². The van der Waals surface area contributed by atoms with Crippen molar-refractivity contribution in [2.75, 3.05) is 20.3 Å². The van der Waals surface area contributed by atoms with Gasteiger partial charge in [-0.2, -0.15) is 0 Å². The zero-order valence-electron chi connectivity index (χ0n) is 8.26. The molecule has 0 radical (unpaired) electrons. The molecule has 0 saturated heterocycles. The van der Waals surface area contributed by atoms with Gasteiger partial charge in [-0.05, 0) is 6.42 Å². The fourth-order valence-electron chi connectivity index (χ4n) is 1.02. The van der Waals surface area contributed by atoms with Gasteiger partial charge in [-0.1, -0.05) is 6.92 Å². The van der Waals surface area contributed by atoms with Crippen LogP contribution < -0.4 is 0 Å². The zero-order chi connectivity index (χ0) is 11.2. The van der Waals surface area contributed by atoms with Crippen molar-refractivity contribution < 1.29 is 17.3 Å². The SMILES string of the molecule is CCCN1C=CN(C)C1.F[B-](F)(F)F. The van der Waals surface area contributed by atoms with Gasteiger partial charge in [-0.25, -0.2) is 0 Å². The summed E-state index contributed by atoms with van der Waals surface area (Å²) in [5, 5.41) is 0. The lowest BCUT2D eigenvalue weighted by Gasteiger charge is -2.16. The van der Waals surface area contributed by atoms with E-state index in [1.807, 2.05) is 0 Å². The lowest BCUT2D eigenvalue weighted by molar-refractivity contribution is 0.297. The highest BCUT2D eigenvalue weighted by atomic mass is 19.5. The van der Waals surface area contributed by atoms with Gasteiger partial charge in [-0.15, -0.1) is 0 Å². The summed E-state index contributed by atoms with van der Waals surface area (Å²) in [4.78, 5) is 4.48. The molecule has 0 spiro atoms. The molecule has 2 nitrogen and oxygen atoms in total. The minimum atomic E-state index is -6.00. The van der Waals surface area contributed by atoms with Crippen molar-refractivity contribution in [1.29, 1.82) is 0 Å². The Bertz CT molecular complexity index is 177. The van der Waals surface area contributed by atoms with Crippen molar-refractivity contribution >= 4 is 7.25 Å². The maximum absolute atomic E-state index is 9.75. The molecule has 0 N–H and O–H groups in total. The molecule has 1 aliphatic rings. The lowest BCUT2D eigenvalue weighted by Crippen LogP contribution is -2.22. The largest absolute Gasteiger partial charge is 0.673 e.